The molecule has 7 atom stereocenters. The highest BCUT2D eigenvalue weighted by molar-refractivity contribution is 6.07. The fourth-order valence-electron chi connectivity index (χ4n) is 10.1. The number of nitrogens with one attached hydrogen (secondary N) is 4. The molecule has 0 bridgehead atoms. The standard InChI is InChI=1S/C47H58N8O8/c1-7-25(4)40(53-47-62-23-63-47)44(56)54-19-27(20-58-6)14-37(54)43-49-34-12-10-28-16-33-31-11-9-29(15-30(31)21-59-38(33)17-32(28)41(34)51-43)35-18-48-42(50-35)36-13-8-26(5)55(36)45(57)39(24(2)3)52-46-60-22-61-46/h9-12,15-18,24-27,36-37,39-40,46-47,52-53H,7-8,13-14,19-23H2,1-6H3,(H,48,50)(H,49,51)/t25-,26-,27-,36-,37-,39-,40-/m0/s1. The second-order valence-electron chi connectivity index (χ2n) is 18.2. The van der Waals surface area contributed by atoms with Gasteiger partial charge in [-0.2, -0.15) is 0 Å². The number of methoxy groups -OCH3 is 1. The number of hydrogen-bond acceptors (Lipinski definition) is 12. The maximum atomic E-state index is 14.3. The molecule has 16 heteroatoms. The van der Waals surface area contributed by atoms with Crippen LogP contribution in [0.5, 0.6) is 5.75 Å². The second kappa shape index (κ2) is 17.2. The lowest BCUT2D eigenvalue weighted by molar-refractivity contribution is -0.335. The highest BCUT2D eigenvalue weighted by atomic mass is 16.9. The van der Waals surface area contributed by atoms with E-state index in [9.17, 15) is 9.59 Å². The van der Waals surface area contributed by atoms with Crippen LogP contribution in [-0.4, -0.2) is 106 Å². The first-order valence-corrected chi connectivity index (χ1v) is 22.5. The lowest BCUT2D eigenvalue weighted by Crippen LogP contribution is -2.57. The van der Waals surface area contributed by atoms with E-state index in [0.29, 0.717) is 19.8 Å². The summed E-state index contributed by atoms with van der Waals surface area (Å²) in [5, 5.41) is 8.56. The van der Waals surface area contributed by atoms with Crippen molar-refractivity contribution in [2.45, 2.75) is 110 Å². The van der Waals surface area contributed by atoms with Gasteiger partial charge in [0.25, 0.3) is 0 Å². The highest BCUT2D eigenvalue weighted by Gasteiger charge is 2.44. The largest absolute Gasteiger partial charge is 0.488 e. The van der Waals surface area contributed by atoms with E-state index in [1.54, 1.807) is 7.11 Å². The molecule has 16 nitrogen and oxygen atoms in total. The maximum Gasteiger partial charge on any atom is 0.240 e. The number of amides is 2. The van der Waals surface area contributed by atoms with Gasteiger partial charge < -0.3 is 48.2 Å². The van der Waals surface area contributed by atoms with Gasteiger partial charge in [0, 0.05) is 36.6 Å². The minimum absolute atomic E-state index is 0.0101. The first-order valence-electron chi connectivity index (χ1n) is 22.5. The van der Waals surface area contributed by atoms with E-state index in [2.05, 4.69) is 83.8 Å². The summed E-state index contributed by atoms with van der Waals surface area (Å²) in [6.07, 6.45) is 4.00. The summed E-state index contributed by atoms with van der Waals surface area (Å²) in [6, 6.07) is 13.7. The monoisotopic (exact) mass is 862 g/mol. The van der Waals surface area contributed by atoms with Crippen LogP contribution >= 0.6 is 0 Å². The van der Waals surface area contributed by atoms with Crippen molar-refractivity contribution in [2.24, 2.45) is 17.8 Å². The van der Waals surface area contributed by atoms with Gasteiger partial charge in [-0.15, -0.1) is 0 Å². The molecule has 10 rings (SSSR count). The Labute approximate surface area is 366 Å². The Bertz CT molecular complexity index is 2500. The molecule has 5 aromatic rings. The van der Waals surface area contributed by atoms with Crippen molar-refractivity contribution in [1.29, 1.82) is 0 Å². The van der Waals surface area contributed by atoms with Gasteiger partial charge >= 0.3 is 0 Å². The van der Waals surface area contributed by atoms with Gasteiger partial charge in [0.1, 0.15) is 24.0 Å². The molecule has 4 N–H and O–H groups in total. The van der Waals surface area contributed by atoms with Crippen molar-refractivity contribution >= 4 is 33.6 Å². The number of rotatable bonds is 14. The molecule has 2 aromatic heterocycles. The molecule has 63 heavy (non-hydrogen) atoms. The van der Waals surface area contributed by atoms with Crippen LogP contribution < -0.4 is 15.4 Å². The summed E-state index contributed by atoms with van der Waals surface area (Å²) in [5.74, 6) is 2.67. The van der Waals surface area contributed by atoms with Gasteiger partial charge in [-0.1, -0.05) is 52.3 Å². The van der Waals surface area contributed by atoms with Gasteiger partial charge in [-0.25, -0.2) is 9.97 Å². The summed E-state index contributed by atoms with van der Waals surface area (Å²) in [5.41, 5.74) is 6.85. The molecule has 0 saturated carbocycles. The average molecular weight is 863 g/mol. The molecule has 4 fully saturated rings. The summed E-state index contributed by atoms with van der Waals surface area (Å²) in [7, 11) is 1.71. The van der Waals surface area contributed by atoms with Crippen LogP contribution in [-0.2, 0) is 39.9 Å². The number of aromatic nitrogens is 4. The number of benzene rings is 3. The van der Waals surface area contributed by atoms with E-state index in [1.807, 2.05) is 29.8 Å². The predicted molar refractivity (Wildman–Crippen MR) is 233 cm³/mol. The summed E-state index contributed by atoms with van der Waals surface area (Å²) in [4.78, 5) is 49.5. The van der Waals surface area contributed by atoms with Gasteiger partial charge in [0.05, 0.1) is 53.7 Å². The number of fused-ring (bicyclic) bond motifs is 6. The molecule has 5 aliphatic heterocycles. The molecule has 334 valence electrons. The molecule has 3 aromatic carbocycles. The summed E-state index contributed by atoms with van der Waals surface area (Å²) >= 11 is 0. The summed E-state index contributed by atoms with van der Waals surface area (Å²) < 4.78 is 33.9. The molecular formula is C47H58N8O8. The van der Waals surface area contributed by atoms with Crippen molar-refractivity contribution in [3.63, 3.8) is 0 Å². The zero-order valence-corrected chi connectivity index (χ0v) is 36.8. The number of carbonyl (C=O) groups excluding carboxylic acids is 2. The maximum absolute atomic E-state index is 14.3. The van der Waals surface area contributed by atoms with Crippen LogP contribution in [0.3, 0.4) is 0 Å². The van der Waals surface area contributed by atoms with E-state index in [0.717, 1.165) is 92.8 Å². The van der Waals surface area contributed by atoms with E-state index in [-0.39, 0.29) is 61.3 Å². The topological polar surface area (TPSA) is 177 Å². The van der Waals surface area contributed by atoms with Crippen LogP contribution in [0.4, 0.5) is 0 Å². The molecule has 4 saturated heterocycles. The number of aromatic amines is 2. The Morgan fingerprint density at radius 3 is 2.40 bits per heavy atom. The minimum Gasteiger partial charge on any atom is -0.488 e. The van der Waals surface area contributed by atoms with Crippen molar-refractivity contribution in [3.05, 3.63) is 65.9 Å². The third-order valence-electron chi connectivity index (χ3n) is 13.8. The fourth-order valence-corrected chi connectivity index (χ4v) is 10.1. The molecule has 0 radical (unpaired) electrons. The van der Waals surface area contributed by atoms with Crippen LogP contribution in [0.25, 0.3) is 44.2 Å². The van der Waals surface area contributed by atoms with Gasteiger partial charge in [-0.05, 0) is 84.4 Å². The third kappa shape index (κ3) is 7.79. The normalized spacial score (nSPS) is 24.0. The molecule has 0 spiro atoms. The Morgan fingerprint density at radius 2 is 1.68 bits per heavy atom. The second-order valence-corrected chi connectivity index (χ2v) is 18.2. The van der Waals surface area contributed by atoms with E-state index in [1.165, 1.54) is 0 Å². The van der Waals surface area contributed by atoms with E-state index < -0.39 is 24.9 Å². The predicted octanol–water partition coefficient (Wildman–Crippen LogP) is 6.45. The SMILES string of the molecule is CC[C@H](C)[C@H](NC1OCO1)C(=O)N1C[C@@H](COC)C[C@H]1c1nc2c(ccc3cc4c(cc32)OCc2cc(-c3cnc([C@@H]5CC[C@H](C)N5C(=O)[C@@H](NC5OCO5)C(C)C)[nH]3)ccc2-4)[nH]1. The number of nitrogens with zero attached hydrogens (tertiary/aromatic N) is 4. The first-order chi connectivity index (χ1) is 30.6. The van der Waals surface area contributed by atoms with Crippen LogP contribution in [0.2, 0.25) is 0 Å². The molecule has 0 unspecified atom stereocenters. The molecule has 0 aliphatic carbocycles. The Kier molecular flexibility index (Phi) is 11.5. The Balaban J connectivity index is 0.901. The molecular weight excluding hydrogens is 805 g/mol. The molecule has 2 amide bonds. The Morgan fingerprint density at radius 1 is 0.905 bits per heavy atom. The number of hydrogen-bond donors (Lipinski definition) is 4. The quantitative estimate of drug-likeness (QED) is 0.0962. The van der Waals surface area contributed by atoms with Crippen molar-refractivity contribution < 1.29 is 38.0 Å². The Hall–Kier alpha value is -4.94. The molecule has 5 aliphatic rings. The average Bonchev–Trinajstić information content (AvgIpc) is 4.07. The first kappa shape index (κ1) is 42.0. The third-order valence-corrected chi connectivity index (χ3v) is 13.8. The number of imidazole rings is 2. The van der Waals surface area contributed by atoms with Crippen LogP contribution in [0.1, 0.15) is 89.6 Å². The fraction of sp³-hybridized carbons (Fsp3) is 0.532. The van der Waals surface area contributed by atoms with E-state index >= 15 is 0 Å². The van der Waals surface area contributed by atoms with Crippen molar-refractivity contribution in [2.75, 3.05) is 33.8 Å². The lowest BCUT2D eigenvalue weighted by Gasteiger charge is -2.37. The number of ether oxygens (including phenoxy) is 6. The van der Waals surface area contributed by atoms with Crippen molar-refractivity contribution in [1.82, 2.24) is 40.4 Å². The minimum atomic E-state index is -0.583. The number of carbonyl (C=O) groups is 2. The van der Waals surface area contributed by atoms with E-state index in [4.69, 9.17) is 38.4 Å². The van der Waals surface area contributed by atoms with Crippen molar-refractivity contribution in [3.8, 4) is 28.1 Å². The van der Waals surface area contributed by atoms with Gasteiger partial charge in [0.15, 0.2) is 13.6 Å². The zero-order valence-electron chi connectivity index (χ0n) is 36.8. The lowest BCUT2D eigenvalue weighted by atomic mass is 9.92. The number of likely N-dealkylation sites (tertiary alicyclic amines) is 2. The summed E-state index contributed by atoms with van der Waals surface area (Å²) in [6.45, 7) is 12.3. The van der Waals surface area contributed by atoms with Crippen LogP contribution in [0, 0.1) is 17.8 Å². The van der Waals surface area contributed by atoms with Gasteiger partial charge in [-0.3, -0.25) is 20.2 Å². The van der Waals surface area contributed by atoms with Gasteiger partial charge in [0.2, 0.25) is 24.6 Å². The van der Waals surface area contributed by atoms with Crippen LogP contribution in [0.15, 0.2) is 48.7 Å². The number of H-pyrrole nitrogens is 2. The zero-order chi connectivity index (χ0) is 43.5. The highest BCUT2D eigenvalue weighted by Crippen LogP contribution is 2.44. The smallest absolute Gasteiger partial charge is 0.240 e. The molecule has 7 heterocycles.